The molecule has 1 aromatic heterocycles. The number of carbonyl (C=O) groups is 2. The van der Waals surface area contributed by atoms with Gasteiger partial charge in [-0.1, -0.05) is 0 Å². The molecule has 0 aliphatic rings. The van der Waals surface area contributed by atoms with Crippen molar-refractivity contribution >= 4 is 11.9 Å². The number of aliphatic carboxylic acids is 1. The molecule has 0 aliphatic carbocycles. The van der Waals surface area contributed by atoms with Gasteiger partial charge in [0.1, 0.15) is 0 Å². The molecule has 1 amide bonds. The monoisotopic (exact) mass is 280 g/mol. The van der Waals surface area contributed by atoms with Gasteiger partial charge in [-0.05, 0) is 47.6 Å². The number of carboxylic acid groups (broad SMARTS) is 1. The highest BCUT2D eigenvalue weighted by Crippen LogP contribution is 2.20. The summed E-state index contributed by atoms with van der Waals surface area (Å²) in [5.74, 6) is -1.75. The average Bonchev–Trinajstić information content (AvgIpc) is 2.63. The van der Waals surface area contributed by atoms with Gasteiger partial charge in [-0.3, -0.25) is 9.59 Å². The Morgan fingerprint density at radius 1 is 1.20 bits per heavy atom. The van der Waals surface area contributed by atoms with E-state index in [1.165, 1.54) is 0 Å². The van der Waals surface area contributed by atoms with Gasteiger partial charge >= 0.3 is 5.97 Å². The molecule has 0 bridgehead atoms. The second-order valence-electron chi connectivity index (χ2n) is 5.64. The topological polar surface area (TPSA) is 71.3 Å². The van der Waals surface area contributed by atoms with Crippen LogP contribution in [0.5, 0.6) is 0 Å². The summed E-state index contributed by atoms with van der Waals surface area (Å²) in [6.07, 6.45) is 0. The van der Waals surface area contributed by atoms with Crippen LogP contribution in [-0.2, 0) is 4.79 Å². The van der Waals surface area contributed by atoms with E-state index in [2.05, 4.69) is 23.7 Å². The van der Waals surface area contributed by atoms with Crippen molar-refractivity contribution < 1.29 is 14.7 Å². The van der Waals surface area contributed by atoms with Gasteiger partial charge in [0.05, 0.1) is 11.5 Å². The van der Waals surface area contributed by atoms with Crippen molar-refractivity contribution in [2.45, 2.75) is 53.6 Å². The number of amides is 1. The lowest BCUT2D eigenvalue weighted by atomic mass is 10.0. The highest BCUT2D eigenvalue weighted by atomic mass is 16.4. The van der Waals surface area contributed by atoms with E-state index in [0.717, 1.165) is 11.4 Å². The number of aromatic nitrogens is 1. The summed E-state index contributed by atoms with van der Waals surface area (Å²) in [4.78, 5) is 23.2. The number of carbonyl (C=O) groups excluding carboxylic acids is 1. The molecule has 0 saturated heterocycles. The van der Waals surface area contributed by atoms with E-state index < -0.39 is 17.9 Å². The summed E-state index contributed by atoms with van der Waals surface area (Å²) in [5.41, 5.74) is 2.55. The molecule has 1 heterocycles. The van der Waals surface area contributed by atoms with Crippen LogP contribution in [0.15, 0.2) is 6.07 Å². The zero-order valence-corrected chi connectivity index (χ0v) is 13.0. The third-order valence-electron chi connectivity index (χ3n) is 3.74. The molecule has 0 spiro atoms. The molecular formula is C15H24N2O3. The molecule has 5 nitrogen and oxygen atoms in total. The van der Waals surface area contributed by atoms with Crippen LogP contribution in [0.4, 0.5) is 0 Å². The molecule has 0 saturated carbocycles. The van der Waals surface area contributed by atoms with Crippen molar-refractivity contribution in [3.8, 4) is 0 Å². The summed E-state index contributed by atoms with van der Waals surface area (Å²) in [5, 5.41) is 11.7. The van der Waals surface area contributed by atoms with Crippen LogP contribution >= 0.6 is 0 Å². The Kier molecular flexibility index (Phi) is 4.98. The van der Waals surface area contributed by atoms with Gasteiger partial charge in [-0.25, -0.2) is 0 Å². The van der Waals surface area contributed by atoms with Gasteiger partial charge in [0, 0.05) is 23.5 Å². The van der Waals surface area contributed by atoms with E-state index in [1.807, 2.05) is 19.9 Å². The quantitative estimate of drug-likeness (QED) is 0.870. The maximum atomic E-state index is 12.3. The standard InChI is InChI=1S/C15H24N2O3/c1-8(2)17-9(3)7-13(12(17)6)14(18)16-11(5)10(4)15(19)20/h7-8,10-11H,1-6H3,(H,16,18)(H,19,20). The van der Waals surface area contributed by atoms with Crippen LogP contribution in [0.3, 0.4) is 0 Å². The van der Waals surface area contributed by atoms with Crippen LogP contribution in [0.1, 0.15) is 55.5 Å². The molecular weight excluding hydrogens is 256 g/mol. The van der Waals surface area contributed by atoms with Crippen molar-refractivity contribution in [3.63, 3.8) is 0 Å². The van der Waals surface area contributed by atoms with Crippen molar-refractivity contribution in [3.05, 3.63) is 23.0 Å². The number of aryl methyl sites for hydroxylation is 1. The average molecular weight is 280 g/mol. The predicted molar refractivity (Wildman–Crippen MR) is 78.0 cm³/mol. The SMILES string of the molecule is Cc1cc(C(=O)NC(C)C(C)C(=O)O)c(C)n1C(C)C. The lowest BCUT2D eigenvalue weighted by Gasteiger charge is -2.18. The molecule has 2 atom stereocenters. The molecule has 0 aromatic carbocycles. The third-order valence-corrected chi connectivity index (χ3v) is 3.74. The first-order valence-corrected chi connectivity index (χ1v) is 6.88. The fourth-order valence-electron chi connectivity index (χ4n) is 2.42. The summed E-state index contributed by atoms with van der Waals surface area (Å²) >= 11 is 0. The number of rotatable bonds is 5. The van der Waals surface area contributed by atoms with Crippen molar-refractivity contribution in [2.24, 2.45) is 5.92 Å². The zero-order chi connectivity index (χ0) is 15.6. The number of nitrogens with one attached hydrogen (secondary N) is 1. The number of carboxylic acids is 1. The molecule has 1 rings (SSSR count). The Labute approximate surface area is 120 Å². The van der Waals surface area contributed by atoms with Gasteiger partial charge in [0.2, 0.25) is 0 Å². The van der Waals surface area contributed by atoms with Gasteiger partial charge in [0.25, 0.3) is 5.91 Å². The third kappa shape index (κ3) is 3.21. The van der Waals surface area contributed by atoms with Crippen LogP contribution in [0, 0.1) is 19.8 Å². The molecule has 20 heavy (non-hydrogen) atoms. The first kappa shape index (κ1) is 16.3. The number of hydrogen-bond acceptors (Lipinski definition) is 2. The minimum atomic E-state index is -0.912. The van der Waals surface area contributed by atoms with E-state index in [-0.39, 0.29) is 11.9 Å². The predicted octanol–water partition coefficient (Wildman–Crippen LogP) is 2.52. The maximum Gasteiger partial charge on any atom is 0.308 e. The lowest BCUT2D eigenvalue weighted by molar-refractivity contribution is -0.141. The Balaban J connectivity index is 2.94. The molecule has 5 heteroatoms. The van der Waals surface area contributed by atoms with Crippen molar-refractivity contribution in [1.82, 2.24) is 9.88 Å². The second-order valence-corrected chi connectivity index (χ2v) is 5.64. The number of hydrogen-bond donors (Lipinski definition) is 2. The minimum absolute atomic E-state index is 0.217. The Bertz CT molecular complexity index is 517. The molecule has 0 fully saturated rings. The fourth-order valence-corrected chi connectivity index (χ4v) is 2.42. The molecule has 1 aromatic rings. The Morgan fingerprint density at radius 3 is 2.15 bits per heavy atom. The summed E-state index contributed by atoms with van der Waals surface area (Å²) in [6, 6.07) is 1.72. The lowest BCUT2D eigenvalue weighted by Crippen LogP contribution is -2.40. The minimum Gasteiger partial charge on any atom is -0.481 e. The van der Waals surface area contributed by atoms with Crippen LogP contribution < -0.4 is 5.32 Å². The highest BCUT2D eigenvalue weighted by Gasteiger charge is 2.23. The first-order valence-electron chi connectivity index (χ1n) is 6.88. The van der Waals surface area contributed by atoms with E-state index in [0.29, 0.717) is 5.56 Å². The Morgan fingerprint density at radius 2 is 1.75 bits per heavy atom. The molecule has 0 radical (unpaired) electrons. The molecule has 112 valence electrons. The normalized spacial score (nSPS) is 14.2. The Hall–Kier alpha value is -1.78. The van der Waals surface area contributed by atoms with Crippen LogP contribution in [0.25, 0.3) is 0 Å². The molecule has 2 unspecified atom stereocenters. The van der Waals surface area contributed by atoms with Crippen molar-refractivity contribution in [2.75, 3.05) is 0 Å². The summed E-state index contributed by atoms with van der Waals surface area (Å²) in [6.45, 7) is 11.3. The highest BCUT2D eigenvalue weighted by molar-refractivity contribution is 5.96. The summed E-state index contributed by atoms with van der Waals surface area (Å²) < 4.78 is 2.10. The van der Waals surface area contributed by atoms with Gasteiger partial charge in [-0.2, -0.15) is 0 Å². The van der Waals surface area contributed by atoms with Crippen LogP contribution in [0.2, 0.25) is 0 Å². The maximum absolute atomic E-state index is 12.3. The van der Waals surface area contributed by atoms with Gasteiger partial charge in [-0.15, -0.1) is 0 Å². The second kappa shape index (κ2) is 6.11. The van der Waals surface area contributed by atoms with E-state index in [9.17, 15) is 9.59 Å². The van der Waals surface area contributed by atoms with E-state index in [4.69, 9.17) is 5.11 Å². The largest absolute Gasteiger partial charge is 0.481 e. The zero-order valence-electron chi connectivity index (χ0n) is 13.0. The molecule has 2 N–H and O–H groups in total. The van der Waals surface area contributed by atoms with Crippen molar-refractivity contribution in [1.29, 1.82) is 0 Å². The smallest absolute Gasteiger partial charge is 0.308 e. The molecule has 0 aliphatic heterocycles. The first-order chi connectivity index (χ1) is 9.16. The van der Waals surface area contributed by atoms with Crippen LogP contribution in [-0.4, -0.2) is 27.6 Å². The summed E-state index contributed by atoms with van der Waals surface area (Å²) in [7, 11) is 0. The number of nitrogens with zero attached hydrogens (tertiary/aromatic N) is 1. The van der Waals surface area contributed by atoms with Gasteiger partial charge < -0.3 is 15.0 Å². The van der Waals surface area contributed by atoms with Gasteiger partial charge in [0.15, 0.2) is 0 Å². The van der Waals surface area contributed by atoms with E-state index >= 15 is 0 Å². The van der Waals surface area contributed by atoms with E-state index in [1.54, 1.807) is 13.8 Å². The fraction of sp³-hybridized carbons (Fsp3) is 0.600.